The number of hydrogen-bond donors (Lipinski definition) is 2. The van der Waals surface area contributed by atoms with Crippen LogP contribution in [0.2, 0.25) is 0 Å². The normalized spacial score (nSPS) is 18.3. The molecule has 3 N–H and O–H groups in total. The number of aryl methyl sites for hydroxylation is 2. The first-order valence-corrected chi connectivity index (χ1v) is 6.99. The van der Waals surface area contributed by atoms with E-state index in [4.69, 9.17) is 10.3 Å². The summed E-state index contributed by atoms with van der Waals surface area (Å²) in [6.07, 6.45) is 5.19. The number of nitrogens with zero attached hydrogens (tertiary/aromatic N) is 1. The second-order valence-electron chi connectivity index (χ2n) is 5.53. The van der Waals surface area contributed by atoms with E-state index in [1.807, 2.05) is 13.8 Å². The fourth-order valence-electron chi connectivity index (χ4n) is 2.86. The number of amides is 1. The number of hydrogen-bond acceptors (Lipinski definition) is 4. The van der Waals surface area contributed by atoms with Crippen LogP contribution in [0.3, 0.4) is 0 Å². The predicted molar refractivity (Wildman–Crippen MR) is 72.4 cm³/mol. The Bertz CT molecular complexity index is 428. The van der Waals surface area contributed by atoms with Crippen molar-refractivity contribution < 1.29 is 9.32 Å². The maximum absolute atomic E-state index is 12.4. The molecular weight excluding hydrogens is 242 g/mol. The molecule has 1 saturated carbocycles. The summed E-state index contributed by atoms with van der Waals surface area (Å²) in [5.74, 6) is 0.845. The minimum Gasteiger partial charge on any atom is -0.361 e. The molecule has 0 atom stereocenters. The fourth-order valence-corrected chi connectivity index (χ4v) is 2.86. The van der Waals surface area contributed by atoms with E-state index in [0.717, 1.165) is 42.7 Å². The molecule has 1 aromatic heterocycles. The van der Waals surface area contributed by atoms with Crippen LogP contribution in [0.5, 0.6) is 0 Å². The number of rotatable bonds is 4. The van der Waals surface area contributed by atoms with E-state index in [1.54, 1.807) is 0 Å². The van der Waals surface area contributed by atoms with Gasteiger partial charge in [0.1, 0.15) is 5.76 Å². The Kier molecular flexibility index (Phi) is 4.24. The lowest BCUT2D eigenvalue weighted by Gasteiger charge is -2.34. The third-order valence-electron chi connectivity index (χ3n) is 4.29. The van der Waals surface area contributed by atoms with Gasteiger partial charge in [-0.05, 0) is 26.7 Å². The second-order valence-corrected chi connectivity index (χ2v) is 5.53. The molecule has 0 spiro atoms. The third kappa shape index (κ3) is 2.81. The van der Waals surface area contributed by atoms with E-state index in [9.17, 15) is 4.79 Å². The Morgan fingerprint density at radius 1 is 1.37 bits per heavy atom. The number of carbonyl (C=O) groups excluding carboxylic acids is 1. The molecule has 19 heavy (non-hydrogen) atoms. The first kappa shape index (κ1) is 14.1. The summed E-state index contributed by atoms with van der Waals surface area (Å²) < 4.78 is 5.10. The van der Waals surface area contributed by atoms with E-state index < -0.39 is 0 Å². The van der Waals surface area contributed by atoms with E-state index in [0.29, 0.717) is 13.1 Å². The molecule has 0 aliphatic heterocycles. The van der Waals surface area contributed by atoms with Crippen LogP contribution in [0.1, 0.15) is 49.1 Å². The standard InChI is InChI=1S/C14H23N3O2/c1-10-12(11(2)19-17-10)8-16-13(18)14(9-15)6-4-3-5-7-14/h3-9,15H2,1-2H3,(H,16,18). The molecule has 0 unspecified atom stereocenters. The zero-order valence-electron chi connectivity index (χ0n) is 11.8. The zero-order chi connectivity index (χ0) is 13.9. The van der Waals surface area contributed by atoms with Crippen molar-refractivity contribution in [1.29, 1.82) is 0 Å². The lowest BCUT2D eigenvalue weighted by atomic mass is 9.73. The highest BCUT2D eigenvalue weighted by Gasteiger charge is 2.38. The molecule has 0 saturated heterocycles. The largest absolute Gasteiger partial charge is 0.361 e. The molecule has 106 valence electrons. The van der Waals surface area contributed by atoms with Crippen LogP contribution in [-0.2, 0) is 11.3 Å². The monoisotopic (exact) mass is 265 g/mol. The van der Waals surface area contributed by atoms with Crippen LogP contribution in [0, 0.1) is 19.3 Å². The highest BCUT2D eigenvalue weighted by atomic mass is 16.5. The first-order chi connectivity index (χ1) is 9.09. The fraction of sp³-hybridized carbons (Fsp3) is 0.714. The Labute approximate surface area is 113 Å². The van der Waals surface area contributed by atoms with Crippen molar-refractivity contribution in [1.82, 2.24) is 10.5 Å². The van der Waals surface area contributed by atoms with Crippen molar-refractivity contribution in [3.63, 3.8) is 0 Å². The van der Waals surface area contributed by atoms with Gasteiger partial charge >= 0.3 is 0 Å². The van der Waals surface area contributed by atoms with Gasteiger partial charge in [0.15, 0.2) is 0 Å². The highest BCUT2D eigenvalue weighted by molar-refractivity contribution is 5.83. The van der Waals surface area contributed by atoms with Crippen molar-refractivity contribution in [2.45, 2.75) is 52.5 Å². The van der Waals surface area contributed by atoms with E-state index >= 15 is 0 Å². The van der Waals surface area contributed by atoms with Crippen molar-refractivity contribution in [3.05, 3.63) is 17.0 Å². The van der Waals surface area contributed by atoms with Crippen LogP contribution in [0.4, 0.5) is 0 Å². The van der Waals surface area contributed by atoms with Crippen LogP contribution >= 0.6 is 0 Å². The summed E-state index contributed by atoms with van der Waals surface area (Å²) in [6, 6.07) is 0. The second kappa shape index (κ2) is 5.74. The number of carbonyl (C=O) groups is 1. The molecule has 1 aliphatic carbocycles. The molecule has 1 amide bonds. The van der Waals surface area contributed by atoms with Crippen LogP contribution in [-0.4, -0.2) is 17.6 Å². The van der Waals surface area contributed by atoms with E-state index in [2.05, 4.69) is 10.5 Å². The van der Waals surface area contributed by atoms with Gasteiger partial charge in [-0.25, -0.2) is 0 Å². The Morgan fingerprint density at radius 2 is 2.05 bits per heavy atom. The lowest BCUT2D eigenvalue weighted by molar-refractivity contribution is -0.132. The summed E-state index contributed by atoms with van der Waals surface area (Å²) in [7, 11) is 0. The van der Waals surface area contributed by atoms with Gasteiger partial charge in [-0.1, -0.05) is 24.4 Å². The topological polar surface area (TPSA) is 81.2 Å². The maximum Gasteiger partial charge on any atom is 0.227 e. The quantitative estimate of drug-likeness (QED) is 0.870. The van der Waals surface area contributed by atoms with E-state index in [1.165, 1.54) is 6.42 Å². The Hall–Kier alpha value is -1.36. The van der Waals surface area contributed by atoms with Gasteiger partial charge in [0.05, 0.1) is 11.1 Å². The SMILES string of the molecule is Cc1noc(C)c1CNC(=O)C1(CN)CCCCC1. The molecule has 1 heterocycles. The molecule has 2 rings (SSSR count). The van der Waals surface area contributed by atoms with Crippen molar-refractivity contribution in [3.8, 4) is 0 Å². The molecule has 0 bridgehead atoms. The molecule has 0 radical (unpaired) electrons. The molecule has 5 nitrogen and oxygen atoms in total. The van der Waals surface area contributed by atoms with Gasteiger partial charge in [0.2, 0.25) is 5.91 Å². The number of aromatic nitrogens is 1. The van der Waals surface area contributed by atoms with Gasteiger partial charge in [0.25, 0.3) is 0 Å². The number of nitrogens with two attached hydrogens (primary N) is 1. The molecule has 1 aliphatic rings. The lowest BCUT2D eigenvalue weighted by Crippen LogP contribution is -2.46. The molecule has 1 aromatic rings. The maximum atomic E-state index is 12.4. The Morgan fingerprint density at radius 3 is 2.58 bits per heavy atom. The first-order valence-electron chi connectivity index (χ1n) is 6.99. The van der Waals surface area contributed by atoms with Gasteiger partial charge in [-0.3, -0.25) is 4.79 Å². The van der Waals surface area contributed by atoms with Gasteiger partial charge < -0.3 is 15.6 Å². The van der Waals surface area contributed by atoms with Crippen molar-refractivity contribution >= 4 is 5.91 Å². The molecule has 1 fully saturated rings. The summed E-state index contributed by atoms with van der Waals surface area (Å²) in [5.41, 5.74) is 7.30. The van der Waals surface area contributed by atoms with Crippen molar-refractivity contribution in [2.24, 2.45) is 11.1 Å². The predicted octanol–water partition coefficient (Wildman–Crippen LogP) is 1.82. The van der Waals surface area contributed by atoms with Gasteiger partial charge in [0, 0.05) is 18.7 Å². The van der Waals surface area contributed by atoms with Crippen LogP contribution < -0.4 is 11.1 Å². The van der Waals surface area contributed by atoms with Crippen LogP contribution in [0.25, 0.3) is 0 Å². The summed E-state index contributed by atoms with van der Waals surface area (Å²) in [4.78, 5) is 12.4. The van der Waals surface area contributed by atoms with Gasteiger partial charge in [-0.2, -0.15) is 0 Å². The summed E-state index contributed by atoms with van der Waals surface area (Å²) in [5, 5.41) is 6.90. The smallest absolute Gasteiger partial charge is 0.227 e. The van der Waals surface area contributed by atoms with Crippen LogP contribution in [0.15, 0.2) is 4.52 Å². The zero-order valence-corrected chi connectivity index (χ0v) is 11.8. The van der Waals surface area contributed by atoms with Crippen molar-refractivity contribution in [2.75, 3.05) is 6.54 Å². The summed E-state index contributed by atoms with van der Waals surface area (Å²) in [6.45, 7) is 4.65. The summed E-state index contributed by atoms with van der Waals surface area (Å²) >= 11 is 0. The average molecular weight is 265 g/mol. The molecule has 0 aromatic carbocycles. The number of nitrogens with one attached hydrogen (secondary N) is 1. The molecular formula is C14H23N3O2. The minimum atomic E-state index is -0.364. The molecule has 5 heteroatoms. The Balaban J connectivity index is 2.00. The minimum absolute atomic E-state index is 0.0784. The average Bonchev–Trinajstić information content (AvgIpc) is 2.76. The van der Waals surface area contributed by atoms with Gasteiger partial charge in [-0.15, -0.1) is 0 Å². The third-order valence-corrected chi connectivity index (χ3v) is 4.29. The highest BCUT2D eigenvalue weighted by Crippen LogP contribution is 2.35. The van der Waals surface area contributed by atoms with E-state index in [-0.39, 0.29) is 11.3 Å².